The topological polar surface area (TPSA) is 283 Å². The zero-order chi connectivity index (χ0) is 53.6. The number of nitrogens with one attached hydrogen (secondary N) is 1. The van der Waals surface area contributed by atoms with Crippen LogP contribution in [0.15, 0.2) is 5.11 Å². The van der Waals surface area contributed by atoms with Crippen LogP contribution in [-0.4, -0.2) is 322 Å². The van der Waals surface area contributed by atoms with Crippen molar-refractivity contribution in [1.82, 2.24) is 4.91 Å². The SMILES string of the molecule is N=[N+]=NCCOCCOCCOCCOCCOCCOCCOCCOCCOCCOCCOCCOCCOCCOCCOCCOCCOCCOCCOCCOCCOCCOCCOCCO. The number of hydrogen-bond donors (Lipinski definition) is 2. The first kappa shape index (κ1) is 73.3. The van der Waals surface area contributed by atoms with Crippen LogP contribution in [0.4, 0.5) is 0 Å². The summed E-state index contributed by atoms with van der Waals surface area (Å²) in [5.74, 6) is 0. The van der Waals surface area contributed by atoms with Crippen molar-refractivity contribution in [2.24, 2.45) is 5.11 Å². The fraction of sp³-hybridized carbons (Fsp3) is 1.00. The average Bonchev–Trinajstić information content (AvgIpc) is 3.42. The summed E-state index contributed by atoms with van der Waals surface area (Å²) >= 11 is 0. The van der Waals surface area contributed by atoms with Gasteiger partial charge in [-0.1, -0.05) is 0 Å². The van der Waals surface area contributed by atoms with E-state index in [0.717, 1.165) is 0 Å². The highest BCUT2D eigenvalue weighted by molar-refractivity contribution is 4.43. The molecule has 0 aromatic carbocycles. The summed E-state index contributed by atoms with van der Waals surface area (Å²) in [6.45, 7) is 22.5. The van der Waals surface area contributed by atoms with Crippen molar-refractivity contribution >= 4 is 0 Å². The number of aliphatic hydroxyl groups excluding tert-OH is 1. The van der Waals surface area contributed by atoms with Gasteiger partial charge in [0.25, 0.3) is 0 Å². The van der Waals surface area contributed by atoms with Gasteiger partial charge in [0.05, 0.1) is 311 Å². The molecule has 0 aliphatic carbocycles. The van der Waals surface area contributed by atoms with Crippen LogP contribution in [0.2, 0.25) is 0 Å². The maximum Gasteiger partial charge on any atom is 0.214 e. The molecular formula is C48H98N3O24+. The third-order valence-electron chi connectivity index (χ3n) is 8.83. The summed E-state index contributed by atoms with van der Waals surface area (Å²) in [5, 5.41) is 12.1. The van der Waals surface area contributed by atoms with Gasteiger partial charge < -0.3 is 114 Å². The summed E-state index contributed by atoms with van der Waals surface area (Å²) < 4.78 is 125. The van der Waals surface area contributed by atoms with Gasteiger partial charge in [-0.15, -0.1) is 0 Å². The molecule has 0 aliphatic rings. The van der Waals surface area contributed by atoms with Gasteiger partial charge in [-0.25, -0.2) is 0 Å². The second-order valence-corrected chi connectivity index (χ2v) is 14.8. The number of ether oxygens (including phenoxy) is 23. The fourth-order valence-electron chi connectivity index (χ4n) is 5.16. The van der Waals surface area contributed by atoms with Gasteiger partial charge in [-0.05, 0) is 0 Å². The Morgan fingerprint density at radius 2 is 0.293 bits per heavy atom. The van der Waals surface area contributed by atoms with Gasteiger partial charge in [0.2, 0.25) is 4.91 Å². The van der Waals surface area contributed by atoms with E-state index < -0.39 is 0 Å². The van der Waals surface area contributed by atoms with Crippen molar-refractivity contribution in [2.45, 2.75) is 0 Å². The Morgan fingerprint density at radius 1 is 0.187 bits per heavy atom. The van der Waals surface area contributed by atoms with Gasteiger partial charge >= 0.3 is 0 Å². The standard InChI is InChI=1S/C48H98N3O24/c49-51-50-1-3-53-5-7-55-9-11-57-13-15-59-17-19-61-21-23-63-25-27-65-29-31-67-33-35-69-37-39-71-41-43-73-45-47-75-48-46-74-44-42-72-40-38-70-36-34-68-32-30-66-28-26-64-24-22-62-20-18-60-16-14-58-12-10-56-8-6-54-4-2-52/h49,52H,1-48H2/q+1. The van der Waals surface area contributed by atoms with Crippen LogP contribution < -0.4 is 4.91 Å². The van der Waals surface area contributed by atoms with Crippen LogP contribution in [0.5, 0.6) is 0 Å². The Hall–Kier alpha value is -1.65. The molecule has 27 nitrogen and oxygen atoms in total. The molecule has 0 aromatic heterocycles. The molecule has 0 saturated heterocycles. The van der Waals surface area contributed by atoms with Crippen molar-refractivity contribution in [3.8, 4) is 0 Å². The molecule has 0 saturated carbocycles. The Kier molecular flexibility index (Phi) is 70.8. The molecule has 0 spiro atoms. The molecule has 0 rings (SSSR count). The van der Waals surface area contributed by atoms with Gasteiger partial charge in [0.15, 0.2) is 0 Å². The maximum absolute atomic E-state index is 8.61. The van der Waals surface area contributed by atoms with Gasteiger partial charge in [0.1, 0.15) is 17.2 Å². The highest BCUT2D eigenvalue weighted by Crippen LogP contribution is 1.91. The van der Waals surface area contributed by atoms with Crippen molar-refractivity contribution in [3.63, 3.8) is 0 Å². The van der Waals surface area contributed by atoms with Crippen LogP contribution in [0.3, 0.4) is 0 Å². The molecule has 0 heterocycles. The van der Waals surface area contributed by atoms with E-state index in [9.17, 15) is 0 Å². The third-order valence-corrected chi connectivity index (χ3v) is 8.83. The predicted octanol–water partition coefficient (Wildman–Crippen LogP) is -0.0891. The summed E-state index contributed by atoms with van der Waals surface area (Å²) in [6, 6.07) is 0. The molecule has 0 unspecified atom stereocenters. The first-order chi connectivity index (χ1) is 37.4. The minimum atomic E-state index is 0.0177. The summed E-state index contributed by atoms with van der Waals surface area (Å²) in [7, 11) is 0. The smallest absolute Gasteiger partial charge is 0.214 e. The zero-order valence-corrected chi connectivity index (χ0v) is 45.2. The lowest BCUT2D eigenvalue weighted by atomic mass is 10.6. The monoisotopic (exact) mass is 1100 g/mol. The molecule has 2 N–H and O–H groups in total. The van der Waals surface area contributed by atoms with Crippen LogP contribution in [0.25, 0.3) is 0 Å². The van der Waals surface area contributed by atoms with E-state index in [0.29, 0.717) is 310 Å². The maximum atomic E-state index is 8.61. The second-order valence-electron chi connectivity index (χ2n) is 14.8. The van der Waals surface area contributed by atoms with Crippen LogP contribution >= 0.6 is 0 Å². The third kappa shape index (κ3) is 72.3. The van der Waals surface area contributed by atoms with Crippen molar-refractivity contribution in [3.05, 3.63) is 0 Å². The van der Waals surface area contributed by atoms with E-state index in [4.69, 9.17) is 120 Å². The minimum Gasteiger partial charge on any atom is -0.394 e. The first-order valence-corrected chi connectivity index (χ1v) is 26.3. The molecule has 0 fully saturated rings. The number of rotatable bonds is 71. The normalized spacial score (nSPS) is 11.6. The second kappa shape index (κ2) is 72.3. The molecule has 0 bridgehead atoms. The quantitative estimate of drug-likeness (QED) is 0.0457. The highest BCUT2D eigenvalue weighted by Gasteiger charge is 2.00. The predicted molar refractivity (Wildman–Crippen MR) is 268 cm³/mol. The molecule has 0 radical (unpaired) electrons. The Morgan fingerprint density at radius 3 is 0.400 bits per heavy atom. The summed E-state index contributed by atoms with van der Waals surface area (Å²) in [6.07, 6.45) is 0. The fourth-order valence-corrected chi connectivity index (χ4v) is 5.16. The van der Waals surface area contributed by atoms with E-state index in [1.165, 1.54) is 0 Å². The molecule has 0 atom stereocenters. The van der Waals surface area contributed by atoms with Crippen molar-refractivity contribution in [1.29, 1.82) is 5.53 Å². The average molecular weight is 1100 g/mol. The Labute approximate surface area is 445 Å². The summed E-state index contributed by atoms with van der Waals surface area (Å²) in [4.78, 5) is 2.90. The lowest BCUT2D eigenvalue weighted by Gasteiger charge is -2.09. The lowest BCUT2D eigenvalue weighted by molar-refractivity contribution is -0.0319. The Bertz CT molecular complexity index is 1070. The van der Waals surface area contributed by atoms with E-state index in [2.05, 4.69) is 10.0 Å². The molecule has 0 aromatic rings. The van der Waals surface area contributed by atoms with Crippen molar-refractivity contribution < 1.29 is 114 Å². The van der Waals surface area contributed by atoms with E-state index in [-0.39, 0.29) is 6.61 Å². The minimum absolute atomic E-state index is 0.0177. The van der Waals surface area contributed by atoms with Crippen LogP contribution in [-0.2, 0) is 109 Å². The van der Waals surface area contributed by atoms with Gasteiger partial charge in [-0.3, -0.25) is 0 Å². The number of aliphatic hydroxyl groups is 1. The van der Waals surface area contributed by atoms with Crippen LogP contribution in [0, 0.1) is 5.53 Å². The first-order valence-electron chi connectivity index (χ1n) is 26.3. The van der Waals surface area contributed by atoms with Gasteiger partial charge in [-0.2, -0.15) is 0 Å². The zero-order valence-electron chi connectivity index (χ0n) is 45.2. The summed E-state index contributed by atoms with van der Waals surface area (Å²) in [5.41, 5.74) is 6.53. The Balaban J connectivity index is 3.08. The molecule has 448 valence electrons. The highest BCUT2D eigenvalue weighted by atomic mass is 16.6. The molecular weight excluding hydrogens is 1000 g/mol. The molecule has 75 heavy (non-hydrogen) atoms. The van der Waals surface area contributed by atoms with Crippen molar-refractivity contribution in [2.75, 3.05) is 317 Å². The number of hydrogen-bond acceptors (Lipinski definition) is 26. The lowest BCUT2D eigenvalue weighted by Crippen LogP contribution is -2.16. The molecule has 27 heteroatoms. The van der Waals surface area contributed by atoms with E-state index in [1.807, 2.05) is 0 Å². The molecule has 0 aliphatic heterocycles. The van der Waals surface area contributed by atoms with Gasteiger partial charge in [0, 0.05) is 0 Å². The van der Waals surface area contributed by atoms with Crippen LogP contribution in [0.1, 0.15) is 0 Å². The number of nitrogens with zero attached hydrogens (tertiary/aromatic N) is 2. The van der Waals surface area contributed by atoms with E-state index >= 15 is 0 Å². The van der Waals surface area contributed by atoms with E-state index in [1.54, 1.807) is 0 Å². The molecule has 0 amide bonds. The largest absolute Gasteiger partial charge is 0.394 e.